The van der Waals surface area contributed by atoms with Gasteiger partial charge in [0, 0.05) is 18.8 Å². The lowest BCUT2D eigenvalue weighted by Gasteiger charge is -2.43. The van der Waals surface area contributed by atoms with Gasteiger partial charge in [-0.2, -0.15) is 0 Å². The average Bonchev–Trinajstić information content (AvgIpc) is 2.44. The number of hydrogen-bond acceptors (Lipinski definition) is 4. The summed E-state index contributed by atoms with van der Waals surface area (Å²) in [6.07, 6.45) is 2.17. The maximum atomic E-state index is 5.63. The van der Waals surface area contributed by atoms with Crippen LogP contribution in [0.2, 0.25) is 0 Å². The molecule has 0 spiro atoms. The van der Waals surface area contributed by atoms with Crippen molar-refractivity contribution in [3.63, 3.8) is 0 Å². The second kappa shape index (κ2) is 7.23. The topological polar surface area (TPSA) is 37.4 Å². The Morgan fingerprint density at radius 3 is 2.81 bits per heavy atom. The van der Waals surface area contributed by atoms with Gasteiger partial charge in [0.15, 0.2) is 0 Å². The highest BCUT2D eigenvalue weighted by atomic mass is 16.5. The predicted molar refractivity (Wildman–Crippen MR) is 87.9 cm³/mol. The van der Waals surface area contributed by atoms with Crippen molar-refractivity contribution in [3.05, 3.63) is 23.4 Å². The zero-order chi connectivity index (χ0) is 15.3. The van der Waals surface area contributed by atoms with E-state index in [1.807, 2.05) is 0 Å². The van der Waals surface area contributed by atoms with E-state index in [0.717, 1.165) is 51.5 Å². The third-order valence-corrected chi connectivity index (χ3v) is 3.93. The predicted octanol–water partition coefficient (Wildman–Crippen LogP) is 2.76. The van der Waals surface area contributed by atoms with Crippen molar-refractivity contribution in [2.24, 2.45) is 0 Å². The molecule has 1 saturated heterocycles. The SMILES string of the molecule is CCCc1cc(CNCC)cc(N2CCOCC2(C)C)n1. The zero-order valence-electron chi connectivity index (χ0n) is 13.9. The minimum atomic E-state index is 0.00550. The highest BCUT2D eigenvalue weighted by molar-refractivity contribution is 5.46. The van der Waals surface area contributed by atoms with Crippen LogP contribution < -0.4 is 10.2 Å². The molecule has 4 heteroatoms. The van der Waals surface area contributed by atoms with Gasteiger partial charge in [-0.15, -0.1) is 0 Å². The second-order valence-electron chi connectivity index (χ2n) is 6.37. The Hall–Kier alpha value is -1.13. The van der Waals surface area contributed by atoms with Crippen LogP contribution in [-0.2, 0) is 17.7 Å². The Balaban J connectivity index is 2.29. The summed E-state index contributed by atoms with van der Waals surface area (Å²) in [4.78, 5) is 7.29. The van der Waals surface area contributed by atoms with Crippen LogP contribution >= 0.6 is 0 Å². The van der Waals surface area contributed by atoms with Crippen molar-refractivity contribution in [2.45, 2.75) is 52.6 Å². The average molecular weight is 291 g/mol. The van der Waals surface area contributed by atoms with E-state index >= 15 is 0 Å². The zero-order valence-corrected chi connectivity index (χ0v) is 13.9. The Morgan fingerprint density at radius 1 is 1.33 bits per heavy atom. The van der Waals surface area contributed by atoms with E-state index in [1.54, 1.807) is 0 Å². The van der Waals surface area contributed by atoms with E-state index in [2.05, 4.69) is 50.0 Å². The second-order valence-corrected chi connectivity index (χ2v) is 6.37. The summed E-state index contributed by atoms with van der Waals surface area (Å²) in [6, 6.07) is 4.47. The lowest BCUT2D eigenvalue weighted by Crippen LogP contribution is -2.53. The fourth-order valence-electron chi connectivity index (χ4n) is 2.81. The van der Waals surface area contributed by atoms with Crippen molar-refractivity contribution < 1.29 is 4.74 Å². The molecule has 4 nitrogen and oxygen atoms in total. The third kappa shape index (κ3) is 4.17. The Kier molecular flexibility index (Phi) is 5.59. The summed E-state index contributed by atoms with van der Waals surface area (Å²) < 4.78 is 5.63. The van der Waals surface area contributed by atoms with Crippen molar-refractivity contribution >= 4 is 5.82 Å². The van der Waals surface area contributed by atoms with Crippen molar-refractivity contribution in [1.82, 2.24) is 10.3 Å². The molecule has 0 aliphatic carbocycles. The standard InChI is InChI=1S/C17H29N3O/c1-5-7-15-10-14(12-18-6-2)11-16(19-15)20-8-9-21-13-17(20,3)4/h10-11,18H,5-9,12-13H2,1-4H3. The fraction of sp³-hybridized carbons (Fsp3) is 0.706. The van der Waals surface area contributed by atoms with Gasteiger partial charge in [-0.05, 0) is 44.5 Å². The number of pyridine rings is 1. The summed E-state index contributed by atoms with van der Waals surface area (Å²) in [5, 5.41) is 3.41. The van der Waals surface area contributed by atoms with Crippen LogP contribution in [0.4, 0.5) is 5.82 Å². The summed E-state index contributed by atoms with van der Waals surface area (Å²) >= 11 is 0. The van der Waals surface area contributed by atoms with Crippen LogP contribution in [0.3, 0.4) is 0 Å². The highest BCUT2D eigenvalue weighted by Crippen LogP contribution is 2.26. The Bertz CT molecular complexity index is 459. The minimum absolute atomic E-state index is 0.00550. The molecule has 21 heavy (non-hydrogen) atoms. The van der Waals surface area contributed by atoms with Gasteiger partial charge < -0.3 is 15.0 Å². The molecule has 0 amide bonds. The number of hydrogen-bond donors (Lipinski definition) is 1. The van der Waals surface area contributed by atoms with E-state index in [-0.39, 0.29) is 5.54 Å². The molecule has 0 aromatic carbocycles. The molecule has 1 fully saturated rings. The lowest BCUT2D eigenvalue weighted by molar-refractivity contribution is 0.0639. The molecule has 0 saturated carbocycles. The third-order valence-electron chi connectivity index (χ3n) is 3.93. The van der Waals surface area contributed by atoms with Crippen LogP contribution in [0.5, 0.6) is 0 Å². The summed E-state index contributed by atoms with van der Waals surface area (Å²) in [5.74, 6) is 1.10. The first-order chi connectivity index (χ1) is 10.1. The molecule has 1 aliphatic heterocycles. The van der Waals surface area contributed by atoms with E-state index in [1.165, 1.54) is 11.3 Å². The van der Waals surface area contributed by atoms with Crippen LogP contribution in [0, 0.1) is 0 Å². The highest BCUT2D eigenvalue weighted by Gasteiger charge is 2.31. The van der Waals surface area contributed by atoms with Crippen LogP contribution in [0.25, 0.3) is 0 Å². The van der Waals surface area contributed by atoms with Gasteiger partial charge >= 0.3 is 0 Å². The van der Waals surface area contributed by atoms with Crippen molar-refractivity contribution in [1.29, 1.82) is 0 Å². The largest absolute Gasteiger partial charge is 0.377 e. The quantitative estimate of drug-likeness (QED) is 0.874. The Labute approximate surface area is 128 Å². The number of rotatable bonds is 6. The maximum Gasteiger partial charge on any atom is 0.129 e. The number of nitrogens with one attached hydrogen (secondary N) is 1. The summed E-state index contributed by atoms with van der Waals surface area (Å²) in [5.41, 5.74) is 2.53. The molecule has 2 rings (SSSR count). The number of anilines is 1. The molecule has 1 N–H and O–H groups in total. The first kappa shape index (κ1) is 16.2. The van der Waals surface area contributed by atoms with Crippen LogP contribution in [0.1, 0.15) is 45.4 Å². The molecular formula is C17H29N3O. The van der Waals surface area contributed by atoms with Crippen molar-refractivity contribution in [3.8, 4) is 0 Å². The molecular weight excluding hydrogens is 262 g/mol. The normalized spacial score (nSPS) is 18.0. The van der Waals surface area contributed by atoms with Crippen LogP contribution in [-0.4, -0.2) is 36.8 Å². The van der Waals surface area contributed by atoms with Gasteiger partial charge in [0.2, 0.25) is 0 Å². The van der Waals surface area contributed by atoms with E-state index in [9.17, 15) is 0 Å². The molecule has 0 bridgehead atoms. The van der Waals surface area contributed by atoms with Gasteiger partial charge in [0.1, 0.15) is 5.82 Å². The van der Waals surface area contributed by atoms with E-state index in [4.69, 9.17) is 9.72 Å². The van der Waals surface area contributed by atoms with Gasteiger partial charge in [-0.3, -0.25) is 0 Å². The monoisotopic (exact) mass is 291 g/mol. The van der Waals surface area contributed by atoms with E-state index < -0.39 is 0 Å². The maximum absolute atomic E-state index is 5.63. The lowest BCUT2D eigenvalue weighted by atomic mass is 10.0. The molecule has 2 heterocycles. The molecule has 0 radical (unpaired) electrons. The number of morpholine rings is 1. The summed E-state index contributed by atoms with van der Waals surface area (Å²) in [7, 11) is 0. The summed E-state index contributed by atoms with van der Waals surface area (Å²) in [6.45, 7) is 13.2. The fourth-order valence-corrected chi connectivity index (χ4v) is 2.81. The molecule has 118 valence electrons. The number of ether oxygens (including phenoxy) is 1. The first-order valence-corrected chi connectivity index (χ1v) is 8.12. The number of nitrogens with zero attached hydrogens (tertiary/aromatic N) is 2. The first-order valence-electron chi connectivity index (χ1n) is 8.12. The van der Waals surface area contributed by atoms with Crippen LogP contribution in [0.15, 0.2) is 12.1 Å². The number of aromatic nitrogens is 1. The smallest absolute Gasteiger partial charge is 0.129 e. The molecule has 1 aromatic heterocycles. The van der Waals surface area contributed by atoms with E-state index in [0.29, 0.717) is 0 Å². The molecule has 0 atom stereocenters. The van der Waals surface area contributed by atoms with Gasteiger partial charge in [-0.25, -0.2) is 4.98 Å². The van der Waals surface area contributed by atoms with Gasteiger partial charge in [-0.1, -0.05) is 20.3 Å². The van der Waals surface area contributed by atoms with Gasteiger partial charge in [0.25, 0.3) is 0 Å². The van der Waals surface area contributed by atoms with Crippen molar-refractivity contribution in [2.75, 3.05) is 31.2 Å². The minimum Gasteiger partial charge on any atom is -0.377 e. The molecule has 0 unspecified atom stereocenters. The molecule has 1 aliphatic rings. The molecule has 1 aromatic rings. The Morgan fingerprint density at radius 2 is 2.14 bits per heavy atom. The van der Waals surface area contributed by atoms with Gasteiger partial charge in [0.05, 0.1) is 18.8 Å². The number of aryl methyl sites for hydroxylation is 1.